The maximum Gasteiger partial charge on any atom is 0.131 e. The normalized spacial score (nSPS) is 11.0. The Balaban J connectivity index is 1.80. The molecule has 2 aromatic rings. The van der Waals surface area contributed by atoms with Crippen molar-refractivity contribution in [3.8, 4) is 10.4 Å². The van der Waals surface area contributed by atoms with Gasteiger partial charge in [0.15, 0.2) is 0 Å². The fraction of sp³-hybridized carbons (Fsp3) is 0.412. The summed E-state index contributed by atoms with van der Waals surface area (Å²) in [5.41, 5.74) is 1.85. The molecule has 0 bridgehead atoms. The molecule has 114 valence electrons. The van der Waals surface area contributed by atoms with E-state index in [0.717, 1.165) is 23.5 Å². The maximum atomic E-state index is 13.9. The molecule has 0 aliphatic heterocycles. The van der Waals surface area contributed by atoms with Gasteiger partial charge in [0.05, 0.1) is 0 Å². The van der Waals surface area contributed by atoms with Crippen molar-refractivity contribution in [1.82, 2.24) is 5.32 Å². The summed E-state index contributed by atoms with van der Waals surface area (Å²) in [6, 6.07) is 9.32. The van der Waals surface area contributed by atoms with Crippen LogP contribution in [0.15, 0.2) is 35.7 Å². The number of thiophene rings is 1. The summed E-state index contributed by atoms with van der Waals surface area (Å²) in [6.07, 6.45) is 5.93. The van der Waals surface area contributed by atoms with Gasteiger partial charge >= 0.3 is 0 Å². The van der Waals surface area contributed by atoms with E-state index in [1.165, 1.54) is 25.0 Å². The molecule has 0 saturated heterocycles. The molecule has 0 fully saturated rings. The highest BCUT2D eigenvalue weighted by atomic mass is 32.2. The Kier molecular flexibility index (Phi) is 7.27. The summed E-state index contributed by atoms with van der Waals surface area (Å²) < 4.78 is 13.9. The first kappa shape index (κ1) is 16.5. The first-order valence-corrected chi connectivity index (χ1v) is 9.60. The van der Waals surface area contributed by atoms with Crippen LogP contribution in [0.1, 0.15) is 24.8 Å². The van der Waals surface area contributed by atoms with Crippen LogP contribution in [0, 0.1) is 5.82 Å². The number of hydrogen-bond donors (Lipinski definition) is 1. The molecule has 1 N–H and O–H groups in total. The zero-order valence-electron chi connectivity index (χ0n) is 12.4. The maximum absolute atomic E-state index is 13.9. The number of rotatable bonds is 9. The van der Waals surface area contributed by atoms with Gasteiger partial charge in [0.1, 0.15) is 5.82 Å². The van der Waals surface area contributed by atoms with Gasteiger partial charge in [-0.15, -0.1) is 11.3 Å². The summed E-state index contributed by atoms with van der Waals surface area (Å²) in [4.78, 5) is 0.992. The van der Waals surface area contributed by atoms with Crippen molar-refractivity contribution >= 4 is 23.1 Å². The minimum atomic E-state index is -0.140. The Labute approximate surface area is 135 Å². The second-order valence-corrected chi connectivity index (χ2v) is 6.96. The van der Waals surface area contributed by atoms with E-state index in [9.17, 15) is 4.39 Å². The third-order valence-corrected chi connectivity index (χ3v) is 4.95. The standard InChI is InChI=1S/C17H22FNS2/c1-20-10-4-2-3-9-19-13-14-7-8-16(18)15(12-14)17-6-5-11-21-17/h5-8,11-12,19H,2-4,9-10,13H2,1H3. The topological polar surface area (TPSA) is 12.0 Å². The smallest absolute Gasteiger partial charge is 0.131 e. The predicted octanol–water partition coefficient (Wildman–Crippen LogP) is 5.18. The second kappa shape index (κ2) is 9.23. The molecule has 1 aromatic heterocycles. The van der Waals surface area contributed by atoms with E-state index in [1.807, 2.05) is 41.4 Å². The molecule has 1 nitrogen and oxygen atoms in total. The molecule has 21 heavy (non-hydrogen) atoms. The molecule has 0 radical (unpaired) electrons. The highest BCUT2D eigenvalue weighted by molar-refractivity contribution is 7.98. The Hall–Kier alpha value is -0.840. The highest BCUT2D eigenvalue weighted by Gasteiger charge is 2.07. The third-order valence-electron chi connectivity index (χ3n) is 3.35. The van der Waals surface area contributed by atoms with Crippen LogP contribution < -0.4 is 5.32 Å². The average molecular weight is 324 g/mol. The van der Waals surface area contributed by atoms with Crippen molar-refractivity contribution in [3.05, 3.63) is 47.1 Å². The Morgan fingerprint density at radius 2 is 2.10 bits per heavy atom. The Bertz CT molecular complexity index is 526. The van der Waals surface area contributed by atoms with Crippen LogP contribution in [-0.4, -0.2) is 18.6 Å². The summed E-state index contributed by atoms with van der Waals surface area (Å²) >= 11 is 3.48. The van der Waals surface area contributed by atoms with E-state index in [4.69, 9.17) is 0 Å². The third kappa shape index (κ3) is 5.46. The minimum absolute atomic E-state index is 0.140. The average Bonchev–Trinajstić information content (AvgIpc) is 3.02. The second-order valence-electron chi connectivity index (χ2n) is 5.02. The summed E-state index contributed by atoms with van der Waals surface area (Å²) in [5.74, 6) is 1.11. The van der Waals surface area contributed by atoms with E-state index in [0.29, 0.717) is 5.56 Å². The molecule has 1 heterocycles. The number of thioether (sulfide) groups is 1. The predicted molar refractivity (Wildman–Crippen MR) is 93.7 cm³/mol. The molecular formula is C17H22FNS2. The van der Waals surface area contributed by atoms with Gasteiger partial charge < -0.3 is 5.32 Å². The van der Waals surface area contributed by atoms with Crippen LogP contribution in [0.4, 0.5) is 4.39 Å². The molecule has 0 aliphatic carbocycles. The fourth-order valence-corrected chi connectivity index (χ4v) is 3.45. The van der Waals surface area contributed by atoms with E-state index >= 15 is 0 Å². The van der Waals surface area contributed by atoms with E-state index < -0.39 is 0 Å². The molecule has 0 saturated carbocycles. The lowest BCUT2D eigenvalue weighted by molar-refractivity contribution is 0.613. The van der Waals surface area contributed by atoms with E-state index in [-0.39, 0.29) is 5.82 Å². The van der Waals surface area contributed by atoms with Crippen molar-refractivity contribution in [3.63, 3.8) is 0 Å². The van der Waals surface area contributed by atoms with Crippen LogP contribution in [0.2, 0.25) is 0 Å². The first-order chi connectivity index (χ1) is 10.3. The van der Waals surface area contributed by atoms with Gasteiger partial charge in [-0.25, -0.2) is 4.39 Å². The van der Waals surface area contributed by atoms with Crippen LogP contribution in [0.3, 0.4) is 0 Å². The molecule has 0 aliphatic rings. The lowest BCUT2D eigenvalue weighted by Crippen LogP contribution is -2.14. The van der Waals surface area contributed by atoms with Crippen LogP contribution in [-0.2, 0) is 6.54 Å². The zero-order chi connectivity index (χ0) is 14.9. The number of halogens is 1. The molecular weight excluding hydrogens is 301 g/mol. The van der Waals surface area contributed by atoms with Crippen molar-refractivity contribution in [2.45, 2.75) is 25.8 Å². The Morgan fingerprint density at radius 3 is 2.86 bits per heavy atom. The van der Waals surface area contributed by atoms with Crippen LogP contribution >= 0.6 is 23.1 Å². The highest BCUT2D eigenvalue weighted by Crippen LogP contribution is 2.28. The molecule has 1 aromatic carbocycles. The van der Waals surface area contributed by atoms with E-state index in [1.54, 1.807) is 17.4 Å². The van der Waals surface area contributed by atoms with Gasteiger partial charge in [0.2, 0.25) is 0 Å². The van der Waals surface area contributed by atoms with Gasteiger partial charge in [-0.05, 0) is 60.5 Å². The van der Waals surface area contributed by atoms with Crippen molar-refractivity contribution < 1.29 is 4.39 Å². The Morgan fingerprint density at radius 1 is 1.19 bits per heavy atom. The number of benzene rings is 1. The van der Waals surface area contributed by atoms with Gasteiger partial charge in [-0.3, -0.25) is 0 Å². The SMILES string of the molecule is CSCCCCCNCc1ccc(F)c(-c2cccs2)c1. The number of nitrogens with one attached hydrogen (secondary N) is 1. The number of unbranched alkanes of at least 4 members (excludes halogenated alkanes) is 2. The first-order valence-electron chi connectivity index (χ1n) is 7.33. The summed E-state index contributed by atoms with van der Waals surface area (Å²) in [6.45, 7) is 1.83. The lowest BCUT2D eigenvalue weighted by atomic mass is 10.1. The van der Waals surface area contributed by atoms with Gasteiger partial charge in [-0.1, -0.05) is 18.6 Å². The van der Waals surface area contributed by atoms with Crippen LogP contribution in [0.5, 0.6) is 0 Å². The van der Waals surface area contributed by atoms with E-state index in [2.05, 4.69) is 11.6 Å². The summed E-state index contributed by atoms with van der Waals surface area (Å²) in [5, 5.41) is 5.43. The summed E-state index contributed by atoms with van der Waals surface area (Å²) in [7, 11) is 0. The van der Waals surface area contributed by atoms with Gasteiger partial charge in [0, 0.05) is 17.0 Å². The minimum Gasteiger partial charge on any atom is -0.313 e. The van der Waals surface area contributed by atoms with Crippen molar-refractivity contribution in [2.24, 2.45) is 0 Å². The monoisotopic (exact) mass is 323 g/mol. The molecule has 0 amide bonds. The zero-order valence-corrected chi connectivity index (χ0v) is 14.0. The molecule has 0 atom stereocenters. The van der Waals surface area contributed by atoms with Crippen LogP contribution in [0.25, 0.3) is 10.4 Å². The van der Waals surface area contributed by atoms with Gasteiger partial charge in [0.25, 0.3) is 0 Å². The quantitative estimate of drug-likeness (QED) is 0.638. The molecule has 4 heteroatoms. The number of hydrogen-bond acceptors (Lipinski definition) is 3. The lowest BCUT2D eigenvalue weighted by Gasteiger charge is -2.07. The largest absolute Gasteiger partial charge is 0.313 e. The van der Waals surface area contributed by atoms with Crippen molar-refractivity contribution in [1.29, 1.82) is 0 Å². The fourth-order valence-electron chi connectivity index (χ4n) is 2.21. The molecule has 0 unspecified atom stereocenters. The molecule has 0 spiro atoms. The molecule has 2 rings (SSSR count). The van der Waals surface area contributed by atoms with Crippen molar-refractivity contribution in [2.75, 3.05) is 18.6 Å². The van der Waals surface area contributed by atoms with Gasteiger partial charge in [-0.2, -0.15) is 11.8 Å².